The molecule has 0 spiro atoms. The maximum atomic E-state index is 12.6. The molecule has 1 N–H and O–H groups in total. The van der Waals surface area contributed by atoms with Crippen molar-refractivity contribution in [2.75, 3.05) is 25.2 Å². The molecule has 1 aromatic rings. The fraction of sp³-hybridized carbons (Fsp3) is 0.500. The van der Waals surface area contributed by atoms with E-state index < -0.39 is 23.2 Å². The van der Waals surface area contributed by atoms with Crippen LogP contribution in [0.15, 0.2) is 24.3 Å². The minimum absolute atomic E-state index is 0.00160. The highest BCUT2D eigenvalue weighted by Crippen LogP contribution is 2.31. The number of hydrogen-bond acceptors (Lipinski definition) is 3. The van der Waals surface area contributed by atoms with Crippen LogP contribution in [-0.2, 0) is 10.9 Å². The average molecular weight is 319 g/mol. The fourth-order valence-electron chi connectivity index (χ4n) is 2.14. The highest BCUT2D eigenvalue weighted by Gasteiger charge is 2.35. The molecule has 2 rings (SSSR count). The van der Waals surface area contributed by atoms with Gasteiger partial charge in [-0.2, -0.15) is 24.9 Å². The molecule has 1 saturated heterocycles. The van der Waals surface area contributed by atoms with E-state index in [0.717, 1.165) is 30.1 Å². The van der Waals surface area contributed by atoms with Crippen LogP contribution in [0.4, 0.5) is 13.2 Å². The Labute approximate surface area is 125 Å². The number of carbonyl (C=O) groups excluding carboxylic acids is 1. The average Bonchev–Trinajstić information content (AvgIpc) is 2.93. The van der Waals surface area contributed by atoms with Crippen LogP contribution >= 0.6 is 11.8 Å². The van der Waals surface area contributed by atoms with E-state index in [1.807, 2.05) is 0 Å². The van der Waals surface area contributed by atoms with E-state index in [0.29, 0.717) is 6.54 Å². The maximum absolute atomic E-state index is 12.6. The molecule has 1 fully saturated rings. The third-order valence-corrected chi connectivity index (χ3v) is 4.75. The van der Waals surface area contributed by atoms with Crippen LogP contribution in [0.3, 0.4) is 0 Å². The molecule has 0 radical (unpaired) electrons. The summed E-state index contributed by atoms with van der Waals surface area (Å²) < 4.78 is 43.3. The highest BCUT2D eigenvalue weighted by atomic mass is 32.2. The number of amides is 1. The molecule has 21 heavy (non-hydrogen) atoms. The van der Waals surface area contributed by atoms with Crippen LogP contribution < -0.4 is 5.32 Å². The van der Waals surface area contributed by atoms with E-state index in [1.165, 1.54) is 12.1 Å². The molecule has 1 unspecified atom stereocenters. The number of thioether (sulfide) groups is 1. The van der Waals surface area contributed by atoms with Crippen molar-refractivity contribution in [3.8, 4) is 0 Å². The first kappa shape index (κ1) is 16.2. The van der Waals surface area contributed by atoms with Crippen molar-refractivity contribution in [3.05, 3.63) is 35.4 Å². The molecule has 0 bridgehead atoms. The lowest BCUT2D eigenvalue weighted by Gasteiger charge is -2.26. The summed E-state index contributed by atoms with van der Waals surface area (Å²) >= 11 is 1.73. The van der Waals surface area contributed by atoms with Gasteiger partial charge in [0.15, 0.2) is 0 Å². The first-order valence-corrected chi connectivity index (χ1v) is 7.60. The molecular weight excluding hydrogens is 303 g/mol. The van der Waals surface area contributed by atoms with E-state index >= 15 is 0 Å². The topological polar surface area (TPSA) is 38.3 Å². The van der Waals surface area contributed by atoms with Gasteiger partial charge in [-0.05, 0) is 30.4 Å². The normalized spacial score (nSPS) is 22.3. The van der Waals surface area contributed by atoms with Gasteiger partial charge in [0.1, 0.15) is 0 Å². The molecule has 3 nitrogen and oxygen atoms in total. The van der Waals surface area contributed by atoms with Gasteiger partial charge in [-0.1, -0.05) is 6.07 Å². The quantitative estimate of drug-likeness (QED) is 0.927. The van der Waals surface area contributed by atoms with E-state index in [4.69, 9.17) is 4.74 Å². The third-order valence-electron chi connectivity index (χ3n) is 3.52. The Balaban J connectivity index is 2.04. The van der Waals surface area contributed by atoms with Crippen molar-refractivity contribution < 1.29 is 22.7 Å². The molecule has 0 saturated carbocycles. The van der Waals surface area contributed by atoms with Gasteiger partial charge in [0.25, 0.3) is 5.91 Å². The summed E-state index contributed by atoms with van der Waals surface area (Å²) in [7, 11) is 1.59. The van der Waals surface area contributed by atoms with Gasteiger partial charge in [-0.15, -0.1) is 0 Å². The van der Waals surface area contributed by atoms with E-state index in [1.54, 1.807) is 18.9 Å². The zero-order valence-electron chi connectivity index (χ0n) is 11.5. The lowest BCUT2D eigenvalue weighted by molar-refractivity contribution is -0.137. The molecule has 1 heterocycles. The number of rotatable bonds is 4. The Kier molecular flexibility index (Phi) is 4.83. The molecule has 1 aromatic carbocycles. The minimum atomic E-state index is -4.45. The van der Waals surface area contributed by atoms with E-state index in [2.05, 4.69) is 5.32 Å². The van der Waals surface area contributed by atoms with Crippen molar-refractivity contribution in [2.45, 2.75) is 18.2 Å². The summed E-state index contributed by atoms with van der Waals surface area (Å²) in [5.74, 6) is 1.20. The monoisotopic (exact) mass is 319 g/mol. The standard InChI is InChI=1S/C14H16F3NO2S/c1-20-13(5-6-21-9-13)8-18-12(19)10-3-2-4-11(7-10)14(15,16)17/h2-4,7H,5-6,8-9H2,1H3,(H,18,19). The summed E-state index contributed by atoms with van der Waals surface area (Å²) in [5.41, 5.74) is -1.24. The highest BCUT2D eigenvalue weighted by molar-refractivity contribution is 7.99. The molecule has 1 amide bonds. The molecule has 7 heteroatoms. The molecule has 0 aromatic heterocycles. The predicted octanol–water partition coefficient (Wildman–Crippen LogP) is 2.96. The number of nitrogens with one attached hydrogen (secondary N) is 1. The molecule has 0 aliphatic carbocycles. The van der Waals surface area contributed by atoms with Crippen molar-refractivity contribution in [1.82, 2.24) is 5.32 Å². The summed E-state index contributed by atoms with van der Waals surface area (Å²) in [6, 6.07) is 4.40. The predicted molar refractivity (Wildman–Crippen MR) is 75.5 cm³/mol. The second-order valence-electron chi connectivity index (χ2n) is 4.95. The zero-order chi connectivity index (χ0) is 15.5. The van der Waals surface area contributed by atoms with Crippen LogP contribution in [0.2, 0.25) is 0 Å². The molecule has 116 valence electrons. The van der Waals surface area contributed by atoms with Crippen LogP contribution in [-0.4, -0.2) is 36.7 Å². The Morgan fingerprint density at radius 2 is 2.24 bits per heavy atom. The van der Waals surface area contributed by atoms with E-state index in [9.17, 15) is 18.0 Å². The zero-order valence-corrected chi connectivity index (χ0v) is 12.3. The van der Waals surface area contributed by atoms with Crippen molar-refractivity contribution in [2.24, 2.45) is 0 Å². The van der Waals surface area contributed by atoms with Crippen molar-refractivity contribution >= 4 is 17.7 Å². The second kappa shape index (κ2) is 6.27. The first-order chi connectivity index (χ1) is 9.86. The van der Waals surface area contributed by atoms with Crippen LogP contribution in [0, 0.1) is 0 Å². The SMILES string of the molecule is COC1(CNC(=O)c2cccc(C(F)(F)F)c2)CCSC1. The number of hydrogen-bond donors (Lipinski definition) is 1. The van der Waals surface area contributed by atoms with Gasteiger partial charge in [-0.3, -0.25) is 4.79 Å². The van der Waals surface area contributed by atoms with Gasteiger partial charge in [-0.25, -0.2) is 0 Å². The number of ether oxygens (including phenoxy) is 1. The minimum Gasteiger partial charge on any atom is -0.376 e. The number of carbonyl (C=O) groups is 1. The second-order valence-corrected chi connectivity index (χ2v) is 6.06. The summed E-state index contributed by atoms with van der Waals surface area (Å²) in [4.78, 5) is 12.0. The van der Waals surface area contributed by atoms with Gasteiger partial charge in [0.2, 0.25) is 0 Å². The Morgan fingerprint density at radius 1 is 1.48 bits per heavy atom. The van der Waals surface area contributed by atoms with Gasteiger partial charge in [0, 0.05) is 25.0 Å². The van der Waals surface area contributed by atoms with Crippen LogP contribution in [0.5, 0.6) is 0 Å². The third kappa shape index (κ3) is 3.91. The number of benzene rings is 1. The Hall–Kier alpha value is -1.21. The molecule has 1 aliphatic rings. The number of halogens is 3. The van der Waals surface area contributed by atoms with Gasteiger partial charge in [0.05, 0.1) is 11.2 Å². The summed E-state index contributed by atoms with van der Waals surface area (Å²) in [5, 5.41) is 2.67. The molecular formula is C14H16F3NO2S. The Bertz CT molecular complexity index is 513. The fourth-order valence-corrected chi connectivity index (χ4v) is 3.54. The molecule has 1 aliphatic heterocycles. The number of alkyl halides is 3. The van der Waals surface area contributed by atoms with Gasteiger partial charge < -0.3 is 10.1 Å². The van der Waals surface area contributed by atoms with Crippen molar-refractivity contribution in [1.29, 1.82) is 0 Å². The molecule has 1 atom stereocenters. The van der Waals surface area contributed by atoms with E-state index in [-0.39, 0.29) is 5.56 Å². The first-order valence-electron chi connectivity index (χ1n) is 6.45. The smallest absolute Gasteiger partial charge is 0.376 e. The maximum Gasteiger partial charge on any atom is 0.416 e. The van der Waals surface area contributed by atoms with Crippen LogP contribution in [0.25, 0.3) is 0 Å². The number of methoxy groups -OCH3 is 1. The largest absolute Gasteiger partial charge is 0.416 e. The Morgan fingerprint density at radius 3 is 2.81 bits per heavy atom. The lowest BCUT2D eigenvalue weighted by atomic mass is 10.0. The van der Waals surface area contributed by atoms with Crippen LogP contribution in [0.1, 0.15) is 22.3 Å². The summed E-state index contributed by atoms with van der Waals surface area (Å²) in [6.45, 7) is 0.297. The van der Waals surface area contributed by atoms with Crippen molar-refractivity contribution in [3.63, 3.8) is 0 Å². The lowest BCUT2D eigenvalue weighted by Crippen LogP contribution is -2.44. The van der Waals surface area contributed by atoms with Gasteiger partial charge >= 0.3 is 6.18 Å². The summed E-state index contributed by atoms with van der Waals surface area (Å²) in [6.07, 6.45) is -3.64.